The highest BCUT2D eigenvalue weighted by Gasteiger charge is 2.33. The van der Waals surface area contributed by atoms with E-state index in [1.807, 2.05) is 13.8 Å². The number of nitrogens with two attached hydrogens (primary N) is 1. The molecule has 10 N–H and O–H groups in total. The molecule has 5 amide bonds. The van der Waals surface area contributed by atoms with Crippen molar-refractivity contribution in [3.05, 3.63) is 0 Å². The number of rotatable bonds is 24. The molecular formula is C31H54N6O11S. The van der Waals surface area contributed by atoms with E-state index >= 15 is 0 Å². The van der Waals surface area contributed by atoms with Gasteiger partial charge in [0.2, 0.25) is 29.5 Å². The van der Waals surface area contributed by atoms with Gasteiger partial charge in [-0.3, -0.25) is 33.6 Å². The normalized spacial score (nSPS) is 14.9. The molecule has 0 saturated heterocycles. The molecule has 0 aliphatic carbocycles. The van der Waals surface area contributed by atoms with Crippen molar-refractivity contribution in [1.82, 2.24) is 26.6 Å². The van der Waals surface area contributed by atoms with E-state index in [0.717, 1.165) is 0 Å². The molecule has 0 aliphatic heterocycles. The summed E-state index contributed by atoms with van der Waals surface area (Å²) in [6.07, 6.45) is -1.21. The van der Waals surface area contributed by atoms with E-state index in [4.69, 9.17) is 10.8 Å². The van der Waals surface area contributed by atoms with E-state index in [1.54, 1.807) is 27.7 Å². The van der Waals surface area contributed by atoms with Crippen LogP contribution in [-0.4, -0.2) is 105 Å². The Hall–Kier alpha value is -3.93. The van der Waals surface area contributed by atoms with Crippen LogP contribution in [0.2, 0.25) is 0 Å². The highest BCUT2D eigenvalue weighted by atomic mass is 32.1. The summed E-state index contributed by atoms with van der Waals surface area (Å²) in [6, 6.07) is -7.68. The molecule has 6 atom stereocenters. The van der Waals surface area contributed by atoms with Gasteiger partial charge in [-0.05, 0) is 49.9 Å². The van der Waals surface area contributed by atoms with Crippen LogP contribution in [0.5, 0.6) is 0 Å². The Morgan fingerprint density at radius 3 is 1.12 bits per heavy atom. The molecule has 0 radical (unpaired) electrons. The number of hydrogen-bond donors (Lipinski definition) is 10. The van der Waals surface area contributed by atoms with Gasteiger partial charge in [0.25, 0.3) is 0 Å². The SMILES string of the molecule is CC(C)C[C@H](NC(=O)[C@H](CC(C)C)NC(=O)[C@H](CCC(=O)O)NC(=O)[C@@H](N)CC(C)C)C(=O)N[C@@H](CCC(=O)O)C(=O)N[C@@H](CS)C(=O)O. The monoisotopic (exact) mass is 718 g/mol. The first-order chi connectivity index (χ1) is 22.7. The molecule has 0 spiro atoms. The fourth-order valence-corrected chi connectivity index (χ4v) is 4.89. The van der Waals surface area contributed by atoms with Gasteiger partial charge in [-0.2, -0.15) is 12.6 Å². The minimum Gasteiger partial charge on any atom is -0.481 e. The van der Waals surface area contributed by atoms with E-state index in [2.05, 4.69) is 39.2 Å². The van der Waals surface area contributed by atoms with Crippen molar-refractivity contribution in [2.24, 2.45) is 23.5 Å². The Kier molecular flexibility index (Phi) is 20.8. The average Bonchev–Trinajstić information content (AvgIpc) is 2.97. The van der Waals surface area contributed by atoms with Gasteiger partial charge in [0.15, 0.2) is 0 Å². The fraction of sp³-hybridized carbons (Fsp3) is 0.742. The van der Waals surface area contributed by atoms with Crippen LogP contribution in [0.1, 0.15) is 86.5 Å². The third kappa shape index (κ3) is 19.0. The Morgan fingerprint density at radius 1 is 0.510 bits per heavy atom. The third-order valence-electron chi connectivity index (χ3n) is 7.10. The zero-order chi connectivity index (χ0) is 38.0. The lowest BCUT2D eigenvalue weighted by Gasteiger charge is -2.28. The maximum Gasteiger partial charge on any atom is 0.327 e. The second-order valence-electron chi connectivity index (χ2n) is 13.2. The van der Waals surface area contributed by atoms with Crippen LogP contribution < -0.4 is 32.3 Å². The van der Waals surface area contributed by atoms with Crippen LogP contribution in [0.4, 0.5) is 0 Å². The quantitative estimate of drug-likeness (QED) is 0.0572. The predicted molar refractivity (Wildman–Crippen MR) is 181 cm³/mol. The lowest BCUT2D eigenvalue weighted by atomic mass is 9.99. The Morgan fingerprint density at radius 2 is 0.816 bits per heavy atom. The molecule has 0 aliphatic rings. The fourth-order valence-electron chi connectivity index (χ4n) is 4.65. The van der Waals surface area contributed by atoms with Crippen LogP contribution in [0.25, 0.3) is 0 Å². The van der Waals surface area contributed by atoms with E-state index in [1.165, 1.54) is 0 Å². The Bertz CT molecular complexity index is 1170. The van der Waals surface area contributed by atoms with Crippen molar-refractivity contribution in [2.75, 3.05) is 5.75 Å². The van der Waals surface area contributed by atoms with Gasteiger partial charge >= 0.3 is 17.9 Å². The highest BCUT2D eigenvalue weighted by molar-refractivity contribution is 7.80. The van der Waals surface area contributed by atoms with Crippen molar-refractivity contribution in [2.45, 2.75) is 123 Å². The molecule has 18 heteroatoms. The zero-order valence-electron chi connectivity index (χ0n) is 29.0. The zero-order valence-corrected chi connectivity index (χ0v) is 29.9. The van der Waals surface area contributed by atoms with E-state index in [9.17, 15) is 48.6 Å². The van der Waals surface area contributed by atoms with Crippen LogP contribution in [0.15, 0.2) is 0 Å². The van der Waals surface area contributed by atoms with E-state index in [0.29, 0.717) is 6.42 Å². The molecule has 280 valence electrons. The van der Waals surface area contributed by atoms with Gasteiger partial charge in [0, 0.05) is 18.6 Å². The van der Waals surface area contributed by atoms with Crippen LogP contribution in [0.3, 0.4) is 0 Å². The van der Waals surface area contributed by atoms with Crippen molar-refractivity contribution in [3.63, 3.8) is 0 Å². The van der Waals surface area contributed by atoms with Crippen LogP contribution in [0, 0.1) is 17.8 Å². The summed E-state index contributed by atoms with van der Waals surface area (Å²) in [6.45, 7) is 10.8. The van der Waals surface area contributed by atoms with Gasteiger partial charge < -0.3 is 47.6 Å². The molecule has 0 rings (SSSR count). The number of aliphatic carboxylic acids is 3. The minimum atomic E-state index is -1.47. The summed E-state index contributed by atoms with van der Waals surface area (Å²) < 4.78 is 0. The number of carboxylic acids is 3. The molecule has 0 saturated carbocycles. The summed E-state index contributed by atoms with van der Waals surface area (Å²) in [5, 5.41) is 39.9. The summed E-state index contributed by atoms with van der Waals surface area (Å²) in [5.74, 6) is -8.50. The second kappa shape index (κ2) is 22.7. The van der Waals surface area contributed by atoms with E-state index < -0.39 is 96.5 Å². The number of carbonyl (C=O) groups excluding carboxylic acids is 5. The summed E-state index contributed by atoms with van der Waals surface area (Å²) in [5.41, 5.74) is 5.95. The Balaban J connectivity index is 6.17. The van der Waals surface area contributed by atoms with Crippen LogP contribution >= 0.6 is 12.6 Å². The lowest BCUT2D eigenvalue weighted by Crippen LogP contribution is -2.59. The first kappa shape index (κ1) is 45.1. The summed E-state index contributed by atoms with van der Waals surface area (Å²) in [4.78, 5) is 99.9. The average molecular weight is 719 g/mol. The maximum absolute atomic E-state index is 13.6. The molecule has 0 fully saturated rings. The number of hydrogen-bond acceptors (Lipinski definition) is 10. The third-order valence-corrected chi connectivity index (χ3v) is 7.46. The second-order valence-corrected chi connectivity index (χ2v) is 13.6. The molecule has 0 aromatic carbocycles. The number of nitrogens with one attached hydrogen (secondary N) is 5. The largest absolute Gasteiger partial charge is 0.481 e. The first-order valence-corrected chi connectivity index (χ1v) is 16.9. The molecule has 0 aromatic heterocycles. The summed E-state index contributed by atoms with van der Waals surface area (Å²) >= 11 is 3.89. The van der Waals surface area contributed by atoms with E-state index in [-0.39, 0.29) is 49.2 Å². The van der Waals surface area contributed by atoms with Crippen molar-refractivity contribution in [1.29, 1.82) is 0 Å². The molecule has 0 heterocycles. The molecule has 0 unspecified atom stereocenters. The van der Waals surface area contributed by atoms with Gasteiger partial charge in [0.05, 0.1) is 6.04 Å². The number of amides is 5. The molecule has 49 heavy (non-hydrogen) atoms. The highest BCUT2D eigenvalue weighted by Crippen LogP contribution is 2.12. The molecule has 17 nitrogen and oxygen atoms in total. The van der Waals surface area contributed by atoms with Gasteiger partial charge in [-0.1, -0.05) is 41.5 Å². The predicted octanol–water partition coefficient (Wildman–Crippen LogP) is -0.380. The maximum atomic E-state index is 13.6. The number of thiol groups is 1. The standard InChI is InChI=1S/C31H54N6O11S/c1-15(2)11-18(32)26(42)33-19(7-9-24(38)39)27(43)35-22(13-17(5)6)30(46)36-21(12-16(3)4)29(45)34-20(8-10-25(40)41)28(44)37-23(14-49)31(47)48/h15-23,49H,7-14,32H2,1-6H3,(H,33,42)(H,34,45)(H,35,43)(H,36,46)(H,37,44)(H,38,39)(H,40,41)(H,47,48)/t18-,19-,20-,21-,22-,23-/m0/s1. The van der Waals surface area contributed by atoms with Crippen molar-refractivity contribution < 1.29 is 53.7 Å². The Labute approximate surface area is 292 Å². The molecule has 0 bridgehead atoms. The van der Waals surface area contributed by atoms with Crippen molar-refractivity contribution in [3.8, 4) is 0 Å². The van der Waals surface area contributed by atoms with Crippen LogP contribution in [-0.2, 0) is 38.4 Å². The number of carbonyl (C=O) groups is 8. The smallest absolute Gasteiger partial charge is 0.327 e. The molecular weight excluding hydrogens is 664 g/mol. The topological polar surface area (TPSA) is 283 Å². The summed E-state index contributed by atoms with van der Waals surface area (Å²) in [7, 11) is 0. The first-order valence-electron chi connectivity index (χ1n) is 16.2. The van der Waals surface area contributed by atoms with Crippen molar-refractivity contribution >= 4 is 60.1 Å². The molecule has 0 aromatic rings. The minimum absolute atomic E-state index is 0.0621. The number of carboxylic acid groups (broad SMARTS) is 3. The van der Waals surface area contributed by atoms with Gasteiger partial charge in [-0.15, -0.1) is 0 Å². The van der Waals surface area contributed by atoms with Gasteiger partial charge in [0.1, 0.15) is 30.2 Å². The van der Waals surface area contributed by atoms with Gasteiger partial charge in [-0.25, -0.2) is 4.79 Å². The lowest BCUT2D eigenvalue weighted by molar-refractivity contribution is -0.142.